The van der Waals surface area contributed by atoms with Gasteiger partial charge in [0, 0.05) is 22.5 Å². The molecule has 3 nitrogen and oxygen atoms in total. The number of likely N-dealkylation sites (tertiary alicyclic amines) is 1. The lowest BCUT2D eigenvalue weighted by Gasteiger charge is -2.32. The molecule has 0 bridgehead atoms. The lowest BCUT2D eigenvalue weighted by molar-refractivity contribution is -0.127. The van der Waals surface area contributed by atoms with Crippen molar-refractivity contribution in [3.8, 4) is 0 Å². The minimum atomic E-state index is 0.0515. The summed E-state index contributed by atoms with van der Waals surface area (Å²) in [6.07, 6.45) is 6.69. The van der Waals surface area contributed by atoms with Crippen molar-refractivity contribution in [3.63, 3.8) is 0 Å². The molecule has 0 spiro atoms. The topological polar surface area (TPSA) is 32.3 Å². The van der Waals surface area contributed by atoms with E-state index in [-0.39, 0.29) is 17.9 Å². The summed E-state index contributed by atoms with van der Waals surface area (Å²) in [4.78, 5) is 15.2. The molecule has 1 heterocycles. The maximum atomic E-state index is 12.9. The summed E-state index contributed by atoms with van der Waals surface area (Å²) < 4.78 is 0. The molecular formula is C25H30Cl2N2O. The van der Waals surface area contributed by atoms with Crippen LogP contribution in [0.4, 0.5) is 0 Å². The van der Waals surface area contributed by atoms with Gasteiger partial charge in [0.15, 0.2) is 0 Å². The van der Waals surface area contributed by atoms with E-state index in [1.54, 1.807) is 6.07 Å². The third kappa shape index (κ3) is 5.19. The Morgan fingerprint density at radius 2 is 1.80 bits per heavy atom. The second kappa shape index (κ2) is 9.72. The largest absolute Gasteiger partial charge is 0.349 e. The number of fused-ring (bicyclic) bond motifs is 1. The Labute approximate surface area is 189 Å². The van der Waals surface area contributed by atoms with E-state index in [0.717, 1.165) is 38.0 Å². The molecule has 2 aromatic carbocycles. The summed E-state index contributed by atoms with van der Waals surface area (Å²) in [6, 6.07) is 12.5. The Kier molecular flexibility index (Phi) is 7.02. The van der Waals surface area contributed by atoms with Crippen LogP contribution in [0.3, 0.4) is 0 Å². The normalized spacial score (nSPS) is 18.6. The number of amides is 1. The van der Waals surface area contributed by atoms with Crippen LogP contribution in [-0.2, 0) is 24.2 Å². The molecule has 4 rings (SSSR count). The van der Waals surface area contributed by atoms with Crippen LogP contribution in [0.5, 0.6) is 0 Å². The molecule has 5 heteroatoms. The van der Waals surface area contributed by atoms with Gasteiger partial charge in [-0.25, -0.2) is 0 Å². The number of nitrogens with zero attached hydrogens (tertiary/aromatic N) is 1. The highest BCUT2D eigenvalue weighted by Crippen LogP contribution is 2.27. The lowest BCUT2D eigenvalue weighted by atomic mass is 9.89. The average Bonchev–Trinajstić information content (AvgIpc) is 2.75. The maximum Gasteiger partial charge on any atom is 0.223 e. The van der Waals surface area contributed by atoms with Gasteiger partial charge in [0.25, 0.3) is 0 Å². The quantitative estimate of drug-likeness (QED) is 0.616. The predicted molar refractivity (Wildman–Crippen MR) is 124 cm³/mol. The average molecular weight is 445 g/mol. The van der Waals surface area contributed by atoms with Crippen LogP contribution in [-0.4, -0.2) is 23.9 Å². The van der Waals surface area contributed by atoms with Gasteiger partial charge >= 0.3 is 0 Å². The van der Waals surface area contributed by atoms with Gasteiger partial charge in [-0.15, -0.1) is 0 Å². The van der Waals surface area contributed by atoms with Crippen molar-refractivity contribution < 1.29 is 4.79 Å². The van der Waals surface area contributed by atoms with Gasteiger partial charge < -0.3 is 5.32 Å². The van der Waals surface area contributed by atoms with Gasteiger partial charge in [-0.3, -0.25) is 9.69 Å². The van der Waals surface area contributed by atoms with Gasteiger partial charge in [0.05, 0.1) is 6.04 Å². The Balaban J connectivity index is 1.29. The molecule has 1 fully saturated rings. The molecule has 30 heavy (non-hydrogen) atoms. The molecule has 1 N–H and O–H groups in total. The number of carbonyl (C=O) groups excluding carboxylic acids is 1. The highest BCUT2D eigenvalue weighted by molar-refractivity contribution is 6.35. The maximum absolute atomic E-state index is 12.9. The minimum absolute atomic E-state index is 0.0515. The molecule has 1 aliphatic heterocycles. The van der Waals surface area contributed by atoms with Crippen molar-refractivity contribution in [2.45, 2.75) is 58.0 Å². The molecule has 1 atom stereocenters. The molecule has 0 radical (unpaired) electrons. The fourth-order valence-corrected chi connectivity index (χ4v) is 5.15. The summed E-state index contributed by atoms with van der Waals surface area (Å²) >= 11 is 12.3. The highest BCUT2D eigenvalue weighted by Gasteiger charge is 2.26. The number of hydrogen-bond donors (Lipinski definition) is 1. The first-order valence-corrected chi connectivity index (χ1v) is 11.8. The molecule has 1 saturated heterocycles. The van der Waals surface area contributed by atoms with E-state index >= 15 is 0 Å². The first kappa shape index (κ1) is 21.7. The van der Waals surface area contributed by atoms with Crippen LogP contribution in [0.1, 0.15) is 60.9 Å². The van der Waals surface area contributed by atoms with Crippen molar-refractivity contribution in [2.24, 2.45) is 5.92 Å². The van der Waals surface area contributed by atoms with E-state index in [4.69, 9.17) is 23.2 Å². The van der Waals surface area contributed by atoms with E-state index in [2.05, 4.69) is 35.3 Å². The third-order valence-corrected chi connectivity index (χ3v) is 7.19. The third-order valence-electron chi connectivity index (χ3n) is 6.60. The minimum Gasteiger partial charge on any atom is -0.349 e. The smallest absolute Gasteiger partial charge is 0.223 e. The number of piperidine rings is 1. The summed E-state index contributed by atoms with van der Waals surface area (Å²) in [5.74, 6) is 0.270. The number of carbonyl (C=O) groups is 1. The lowest BCUT2D eigenvalue weighted by Crippen LogP contribution is -2.41. The fraction of sp³-hybridized carbons (Fsp3) is 0.480. The second-order valence-electron chi connectivity index (χ2n) is 8.75. The monoisotopic (exact) mass is 444 g/mol. The van der Waals surface area contributed by atoms with E-state index in [1.165, 1.54) is 42.4 Å². The number of aryl methyl sites for hydroxylation is 2. The zero-order valence-electron chi connectivity index (χ0n) is 17.6. The molecule has 1 unspecified atom stereocenters. The van der Waals surface area contributed by atoms with Crippen LogP contribution >= 0.6 is 23.2 Å². The Bertz CT molecular complexity index is 906. The van der Waals surface area contributed by atoms with Crippen LogP contribution in [0.25, 0.3) is 0 Å². The van der Waals surface area contributed by atoms with Gasteiger partial charge in [-0.1, -0.05) is 47.5 Å². The summed E-state index contributed by atoms with van der Waals surface area (Å²) in [5.41, 5.74) is 5.26. The van der Waals surface area contributed by atoms with E-state index in [0.29, 0.717) is 10.0 Å². The summed E-state index contributed by atoms with van der Waals surface area (Å²) in [7, 11) is 0. The number of benzene rings is 2. The van der Waals surface area contributed by atoms with Crippen LogP contribution in [0.15, 0.2) is 36.4 Å². The molecule has 0 saturated carbocycles. The standard InChI is InChI=1S/C25H30Cl2N2O/c1-17(20-7-6-18-4-2-3-5-21(18)14-20)28-25(30)19-10-12-29(13-11-19)16-22-8-9-23(26)15-24(22)27/h6-9,14-15,17,19H,2-5,10-13,16H2,1H3,(H,28,30). The van der Waals surface area contributed by atoms with Crippen molar-refractivity contribution in [2.75, 3.05) is 13.1 Å². The summed E-state index contributed by atoms with van der Waals surface area (Å²) in [6.45, 7) is 4.71. The van der Waals surface area contributed by atoms with Gasteiger partial charge in [0.2, 0.25) is 5.91 Å². The number of nitrogens with one attached hydrogen (secondary N) is 1. The zero-order chi connectivity index (χ0) is 21.1. The van der Waals surface area contributed by atoms with Crippen LogP contribution in [0, 0.1) is 5.92 Å². The molecule has 2 aliphatic rings. The van der Waals surface area contributed by atoms with Crippen molar-refractivity contribution in [1.82, 2.24) is 10.2 Å². The molecule has 2 aromatic rings. The Morgan fingerprint density at radius 3 is 2.53 bits per heavy atom. The van der Waals surface area contributed by atoms with Gasteiger partial charge in [0.1, 0.15) is 0 Å². The molecule has 1 amide bonds. The van der Waals surface area contributed by atoms with Crippen LogP contribution in [0.2, 0.25) is 10.0 Å². The van der Waals surface area contributed by atoms with Crippen molar-refractivity contribution in [3.05, 3.63) is 68.7 Å². The predicted octanol–water partition coefficient (Wildman–Crippen LogP) is 5.96. The van der Waals surface area contributed by atoms with Gasteiger partial charge in [-0.05, 0) is 92.9 Å². The second-order valence-corrected chi connectivity index (χ2v) is 9.60. The molecule has 1 aliphatic carbocycles. The Morgan fingerprint density at radius 1 is 1.07 bits per heavy atom. The van der Waals surface area contributed by atoms with Crippen molar-refractivity contribution in [1.29, 1.82) is 0 Å². The SMILES string of the molecule is CC(NC(=O)C1CCN(Cc2ccc(Cl)cc2Cl)CC1)c1ccc2c(c1)CCCC2. The van der Waals surface area contributed by atoms with Crippen LogP contribution < -0.4 is 5.32 Å². The Hall–Kier alpha value is -1.55. The summed E-state index contributed by atoms with van der Waals surface area (Å²) in [5, 5.41) is 4.63. The van der Waals surface area contributed by atoms with E-state index in [9.17, 15) is 4.79 Å². The van der Waals surface area contributed by atoms with E-state index < -0.39 is 0 Å². The number of halogens is 2. The first-order chi connectivity index (χ1) is 14.5. The molecule has 0 aromatic heterocycles. The van der Waals surface area contributed by atoms with E-state index in [1.807, 2.05) is 12.1 Å². The zero-order valence-corrected chi connectivity index (χ0v) is 19.1. The number of rotatable bonds is 5. The number of hydrogen-bond acceptors (Lipinski definition) is 2. The van der Waals surface area contributed by atoms with Crippen molar-refractivity contribution >= 4 is 29.1 Å². The van der Waals surface area contributed by atoms with Gasteiger partial charge in [-0.2, -0.15) is 0 Å². The molecular weight excluding hydrogens is 415 g/mol. The fourth-order valence-electron chi connectivity index (χ4n) is 4.68. The highest BCUT2D eigenvalue weighted by atomic mass is 35.5. The first-order valence-electron chi connectivity index (χ1n) is 11.1. The molecule has 160 valence electrons.